The molecule has 2 N–H and O–H groups in total. The molecule has 2 aromatic carbocycles. The minimum atomic E-state index is -0.248. The number of nitrogens with zero attached hydrogens (tertiary/aromatic N) is 5. The SMILES string of the molecule is CC[C@H](C)Nc1c(C#N)cnc2c(Cl)cc(N[C@@H](c3ccccc3)c3nnn(C(C)C)c3I)cc12. The number of aromatic nitrogens is 4. The van der Waals surface area contributed by atoms with Gasteiger partial charge in [0.05, 0.1) is 27.8 Å². The minimum absolute atomic E-state index is 0.188. The summed E-state index contributed by atoms with van der Waals surface area (Å²) < 4.78 is 2.89. The minimum Gasteiger partial charge on any atom is -0.381 e. The van der Waals surface area contributed by atoms with Gasteiger partial charge >= 0.3 is 0 Å². The molecule has 0 saturated heterocycles. The van der Waals surface area contributed by atoms with Crippen LogP contribution in [0.1, 0.15) is 63.0 Å². The molecule has 0 aliphatic rings. The first-order valence-corrected chi connectivity index (χ1v) is 13.0. The highest BCUT2D eigenvalue weighted by Gasteiger charge is 2.24. The lowest BCUT2D eigenvalue weighted by atomic mass is 10.0. The predicted octanol–water partition coefficient (Wildman–Crippen LogP) is 6.95. The van der Waals surface area contributed by atoms with Gasteiger partial charge < -0.3 is 10.6 Å². The van der Waals surface area contributed by atoms with E-state index in [2.05, 4.69) is 94.4 Å². The maximum atomic E-state index is 9.73. The maximum absolute atomic E-state index is 9.73. The molecule has 4 rings (SSSR count). The molecule has 9 heteroatoms. The Kier molecular flexibility index (Phi) is 7.77. The summed E-state index contributed by atoms with van der Waals surface area (Å²) in [6.07, 6.45) is 2.49. The van der Waals surface area contributed by atoms with E-state index in [0.29, 0.717) is 16.1 Å². The van der Waals surface area contributed by atoms with E-state index in [0.717, 1.165) is 38.1 Å². The summed E-state index contributed by atoms with van der Waals surface area (Å²) in [5.41, 5.74) is 4.57. The lowest BCUT2D eigenvalue weighted by Crippen LogP contribution is -2.16. The van der Waals surface area contributed by atoms with Gasteiger partial charge in [0, 0.05) is 29.4 Å². The number of benzene rings is 2. The summed E-state index contributed by atoms with van der Waals surface area (Å²) in [5.74, 6) is 0. The van der Waals surface area contributed by atoms with E-state index in [4.69, 9.17) is 11.6 Å². The number of fused-ring (bicyclic) bond motifs is 1. The molecule has 0 unspecified atom stereocenters. The summed E-state index contributed by atoms with van der Waals surface area (Å²) in [7, 11) is 0. The molecule has 7 nitrogen and oxygen atoms in total. The molecule has 0 radical (unpaired) electrons. The van der Waals surface area contributed by atoms with E-state index in [1.165, 1.54) is 0 Å². The van der Waals surface area contributed by atoms with Crippen LogP contribution in [0.3, 0.4) is 0 Å². The Bertz CT molecular complexity index is 1380. The Morgan fingerprint density at radius 1 is 1.14 bits per heavy atom. The van der Waals surface area contributed by atoms with Gasteiger partial charge in [-0.05, 0) is 67.5 Å². The van der Waals surface area contributed by atoms with E-state index >= 15 is 0 Å². The fourth-order valence-electron chi connectivity index (χ4n) is 3.85. The second-order valence-corrected chi connectivity index (χ2v) is 10.2. The first-order valence-electron chi connectivity index (χ1n) is 11.5. The van der Waals surface area contributed by atoms with Crippen molar-refractivity contribution in [2.24, 2.45) is 0 Å². The van der Waals surface area contributed by atoms with Crippen molar-refractivity contribution in [2.45, 2.75) is 52.2 Å². The van der Waals surface area contributed by atoms with Crippen molar-refractivity contribution in [1.82, 2.24) is 20.0 Å². The molecule has 180 valence electrons. The molecule has 0 bridgehead atoms. The van der Waals surface area contributed by atoms with Crippen molar-refractivity contribution in [3.05, 3.63) is 74.2 Å². The topological polar surface area (TPSA) is 91.4 Å². The van der Waals surface area contributed by atoms with E-state index in [1.807, 2.05) is 35.0 Å². The zero-order valence-electron chi connectivity index (χ0n) is 20.0. The molecule has 0 saturated carbocycles. The van der Waals surface area contributed by atoms with Gasteiger partial charge in [0.25, 0.3) is 0 Å². The first kappa shape index (κ1) is 25.2. The van der Waals surface area contributed by atoms with Crippen LogP contribution < -0.4 is 10.6 Å². The number of halogens is 2. The largest absolute Gasteiger partial charge is 0.381 e. The quantitative estimate of drug-likeness (QED) is 0.213. The number of hydrogen-bond acceptors (Lipinski definition) is 6. The second-order valence-electron chi connectivity index (χ2n) is 8.76. The maximum Gasteiger partial charge on any atom is 0.125 e. The number of nitriles is 1. The molecule has 0 aliphatic carbocycles. The number of nitrogens with one attached hydrogen (secondary N) is 2. The highest BCUT2D eigenvalue weighted by atomic mass is 127. The molecule has 2 atom stereocenters. The van der Waals surface area contributed by atoms with E-state index in [1.54, 1.807) is 6.20 Å². The molecule has 4 aromatic rings. The lowest BCUT2D eigenvalue weighted by Gasteiger charge is -2.21. The van der Waals surface area contributed by atoms with Gasteiger partial charge in [-0.25, -0.2) is 4.68 Å². The van der Waals surface area contributed by atoms with Crippen LogP contribution in [-0.4, -0.2) is 26.0 Å². The number of pyridine rings is 1. The van der Waals surface area contributed by atoms with Crippen LogP contribution in [0.2, 0.25) is 5.02 Å². The molecule has 0 fully saturated rings. The number of hydrogen-bond donors (Lipinski definition) is 2. The van der Waals surface area contributed by atoms with E-state index in [9.17, 15) is 5.26 Å². The lowest BCUT2D eigenvalue weighted by molar-refractivity contribution is 0.503. The van der Waals surface area contributed by atoms with Gasteiger partial charge in [-0.3, -0.25) is 4.98 Å². The van der Waals surface area contributed by atoms with Crippen molar-refractivity contribution >= 4 is 56.5 Å². The first-order chi connectivity index (χ1) is 16.8. The number of anilines is 2. The predicted molar refractivity (Wildman–Crippen MR) is 150 cm³/mol. The van der Waals surface area contributed by atoms with E-state index in [-0.39, 0.29) is 18.1 Å². The smallest absolute Gasteiger partial charge is 0.125 e. The fourth-order valence-corrected chi connectivity index (χ4v) is 5.20. The molecule has 35 heavy (non-hydrogen) atoms. The van der Waals surface area contributed by atoms with Crippen LogP contribution in [0, 0.1) is 15.0 Å². The fraction of sp³-hybridized carbons (Fsp3) is 0.308. The Labute approximate surface area is 224 Å². The standard InChI is InChI=1S/C26H27ClIN7/c1-5-16(4)31-22-18(13-29)14-30-24-20(22)11-19(12-21(24)27)32-23(17-9-7-6-8-10-17)25-26(28)35(15(2)3)34-33-25/h6-12,14-16,23,32H,5H2,1-4H3,(H,30,31)/t16-,23-/m0/s1. The molecular formula is C26H27ClIN7. The second kappa shape index (κ2) is 10.8. The molecule has 0 amide bonds. The van der Waals surface area contributed by atoms with Crippen LogP contribution in [0.4, 0.5) is 11.4 Å². The van der Waals surface area contributed by atoms with Gasteiger partial charge in [-0.1, -0.05) is 54.1 Å². The van der Waals surface area contributed by atoms with Crippen molar-refractivity contribution in [3.63, 3.8) is 0 Å². The van der Waals surface area contributed by atoms with Crippen molar-refractivity contribution in [1.29, 1.82) is 5.26 Å². The van der Waals surface area contributed by atoms with Crippen molar-refractivity contribution in [3.8, 4) is 6.07 Å². The third-order valence-electron chi connectivity index (χ3n) is 5.92. The van der Waals surface area contributed by atoms with Gasteiger partial charge in [0.2, 0.25) is 0 Å². The van der Waals surface area contributed by atoms with Crippen LogP contribution in [0.5, 0.6) is 0 Å². The average Bonchev–Trinajstić information content (AvgIpc) is 3.24. The van der Waals surface area contributed by atoms with Gasteiger partial charge in [-0.15, -0.1) is 5.10 Å². The number of rotatable bonds is 8. The highest BCUT2D eigenvalue weighted by Crippen LogP contribution is 2.36. The van der Waals surface area contributed by atoms with E-state index < -0.39 is 0 Å². The zero-order valence-corrected chi connectivity index (χ0v) is 23.0. The molecule has 0 aliphatic heterocycles. The average molecular weight is 600 g/mol. The molecular weight excluding hydrogens is 573 g/mol. The van der Waals surface area contributed by atoms with Gasteiger partial charge in [-0.2, -0.15) is 5.26 Å². The summed E-state index contributed by atoms with van der Waals surface area (Å²) in [5, 5.41) is 27.1. The van der Waals surface area contributed by atoms with Crippen LogP contribution in [0.15, 0.2) is 48.7 Å². The molecule has 2 aromatic heterocycles. The third kappa shape index (κ3) is 5.21. The Morgan fingerprint density at radius 3 is 2.51 bits per heavy atom. The molecule has 2 heterocycles. The van der Waals surface area contributed by atoms with Crippen LogP contribution in [-0.2, 0) is 0 Å². The normalized spacial score (nSPS) is 13.0. The van der Waals surface area contributed by atoms with Gasteiger partial charge in [0.1, 0.15) is 15.5 Å². The van der Waals surface area contributed by atoms with Crippen LogP contribution in [0.25, 0.3) is 10.9 Å². The van der Waals surface area contributed by atoms with Crippen LogP contribution >= 0.6 is 34.2 Å². The van der Waals surface area contributed by atoms with Gasteiger partial charge in [0.15, 0.2) is 0 Å². The monoisotopic (exact) mass is 599 g/mol. The van der Waals surface area contributed by atoms with Crippen molar-refractivity contribution in [2.75, 3.05) is 10.6 Å². The highest BCUT2D eigenvalue weighted by molar-refractivity contribution is 14.1. The third-order valence-corrected chi connectivity index (χ3v) is 7.25. The zero-order chi connectivity index (χ0) is 25.1. The van der Waals surface area contributed by atoms with Crippen molar-refractivity contribution < 1.29 is 0 Å². The summed E-state index contributed by atoms with van der Waals surface area (Å²) >= 11 is 9.01. The Morgan fingerprint density at radius 2 is 1.89 bits per heavy atom. The summed E-state index contributed by atoms with van der Waals surface area (Å²) in [6, 6.07) is 16.4. The molecule has 0 spiro atoms. The Hall–Kier alpha value is -2.90. The summed E-state index contributed by atoms with van der Waals surface area (Å²) in [4.78, 5) is 4.47. The summed E-state index contributed by atoms with van der Waals surface area (Å²) in [6.45, 7) is 8.35. The Balaban J connectivity index is 1.85.